The van der Waals surface area contributed by atoms with E-state index in [1.54, 1.807) is 42.6 Å². The predicted molar refractivity (Wildman–Crippen MR) is 94.2 cm³/mol. The highest BCUT2D eigenvalue weighted by Gasteiger charge is 2.36. The van der Waals surface area contributed by atoms with Gasteiger partial charge in [0.25, 0.3) is 0 Å². The van der Waals surface area contributed by atoms with Crippen LogP contribution in [0.3, 0.4) is 0 Å². The van der Waals surface area contributed by atoms with Crippen LogP contribution in [0.5, 0.6) is 0 Å². The van der Waals surface area contributed by atoms with Gasteiger partial charge in [-0.25, -0.2) is 17.8 Å². The molecule has 7 heteroatoms. The van der Waals surface area contributed by atoms with Crippen molar-refractivity contribution in [3.8, 4) is 11.3 Å². The molecule has 0 radical (unpaired) electrons. The van der Waals surface area contributed by atoms with Crippen molar-refractivity contribution in [2.45, 2.75) is 23.8 Å². The number of sulfonamides is 1. The second-order valence-electron chi connectivity index (χ2n) is 6.22. The summed E-state index contributed by atoms with van der Waals surface area (Å²) in [5, 5.41) is 0. The zero-order valence-corrected chi connectivity index (χ0v) is 14.7. The van der Waals surface area contributed by atoms with Gasteiger partial charge in [0, 0.05) is 12.1 Å². The minimum Gasteiger partial charge on any atom is -0.444 e. The van der Waals surface area contributed by atoms with Crippen LogP contribution < -0.4 is 0 Å². The third kappa shape index (κ3) is 3.04. The Labute approximate surface area is 151 Å². The molecule has 2 aromatic carbocycles. The molecule has 1 atom stereocenters. The number of oxazole rings is 1. The number of rotatable bonds is 4. The molecule has 1 aliphatic heterocycles. The van der Waals surface area contributed by atoms with E-state index < -0.39 is 10.0 Å². The predicted octanol–water partition coefficient (Wildman–Crippen LogP) is 4.01. The summed E-state index contributed by atoms with van der Waals surface area (Å²) in [6.45, 7) is 0.453. The van der Waals surface area contributed by atoms with E-state index in [1.165, 1.54) is 22.8 Å². The Bertz CT molecular complexity index is 984. The van der Waals surface area contributed by atoms with Crippen LogP contribution in [0.4, 0.5) is 4.39 Å². The molecule has 2 heterocycles. The molecule has 0 spiro atoms. The molecule has 3 aromatic rings. The normalized spacial score (nSPS) is 18.3. The smallest absolute Gasteiger partial charge is 0.243 e. The fourth-order valence-corrected chi connectivity index (χ4v) is 5.01. The van der Waals surface area contributed by atoms with Crippen molar-refractivity contribution in [1.82, 2.24) is 9.29 Å². The van der Waals surface area contributed by atoms with E-state index in [-0.39, 0.29) is 16.8 Å². The lowest BCUT2D eigenvalue weighted by Gasteiger charge is -2.24. The Morgan fingerprint density at radius 1 is 1.08 bits per heavy atom. The number of hydrogen-bond donors (Lipinski definition) is 0. The van der Waals surface area contributed by atoms with Crippen LogP contribution in [0.2, 0.25) is 0 Å². The van der Waals surface area contributed by atoms with E-state index in [9.17, 15) is 12.8 Å². The topological polar surface area (TPSA) is 63.4 Å². The van der Waals surface area contributed by atoms with E-state index >= 15 is 0 Å². The molecule has 26 heavy (non-hydrogen) atoms. The van der Waals surface area contributed by atoms with Gasteiger partial charge in [0.05, 0.1) is 17.1 Å². The quantitative estimate of drug-likeness (QED) is 0.694. The Hall–Kier alpha value is -2.51. The zero-order chi connectivity index (χ0) is 18.1. The molecule has 1 unspecified atom stereocenters. The monoisotopic (exact) mass is 372 g/mol. The molecule has 0 aliphatic carbocycles. The average Bonchev–Trinajstić information content (AvgIpc) is 3.35. The Kier molecular flexibility index (Phi) is 4.34. The number of aromatic nitrogens is 1. The second-order valence-corrected chi connectivity index (χ2v) is 8.11. The number of halogens is 1. The van der Waals surface area contributed by atoms with Crippen LogP contribution in [0.25, 0.3) is 11.3 Å². The van der Waals surface area contributed by atoms with E-state index in [2.05, 4.69) is 4.98 Å². The molecule has 1 aromatic heterocycles. The van der Waals surface area contributed by atoms with Gasteiger partial charge < -0.3 is 4.42 Å². The molecule has 1 fully saturated rings. The first-order valence-corrected chi connectivity index (χ1v) is 9.76. The third-order valence-corrected chi connectivity index (χ3v) is 6.56. The Morgan fingerprint density at radius 2 is 1.81 bits per heavy atom. The first kappa shape index (κ1) is 16.9. The van der Waals surface area contributed by atoms with Crippen molar-refractivity contribution in [3.63, 3.8) is 0 Å². The molecular formula is C19H17FN2O3S. The van der Waals surface area contributed by atoms with Gasteiger partial charge in [-0.15, -0.1) is 0 Å². The van der Waals surface area contributed by atoms with Crippen molar-refractivity contribution in [2.75, 3.05) is 6.54 Å². The Balaban J connectivity index is 1.64. The lowest BCUT2D eigenvalue weighted by Crippen LogP contribution is -2.30. The van der Waals surface area contributed by atoms with Crippen LogP contribution in [0.15, 0.2) is 70.4 Å². The molecular weight excluding hydrogens is 355 g/mol. The van der Waals surface area contributed by atoms with Crippen LogP contribution in [0, 0.1) is 5.82 Å². The summed E-state index contributed by atoms with van der Waals surface area (Å²) in [6.07, 6.45) is 4.41. The lowest BCUT2D eigenvalue weighted by atomic mass is 10.1. The summed E-state index contributed by atoms with van der Waals surface area (Å²) >= 11 is 0. The highest BCUT2D eigenvalue weighted by molar-refractivity contribution is 7.89. The second kappa shape index (κ2) is 6.66. The molecule has 5 nitrogen and oxygen atoms in total. The summed E-state index contributed by atoms with van der Waals surface area (Å²) in [7, 11) is -3.64. The first-order chi connectivity index (χ1) is 12.6. The van der Waals surface area contributed by atoms with Gasteiger partial charge in [-0.3, -0.25) is 0 Å². The Morgan fingerprint density at radius 3 is 2.46 bits per heavy atom. The maximum Gasteiger partial charge on any atom is 0.243 e. The minimum absolute atomic E-state index is 0.231. The molecule has 0 saturated carbocycles. The number of benzene rings is 2. The van der Waals surface area contributed by atoms with E-state index in [0.717, 1.165) is 24.0 Å². The van der Waals surface area contributed by atoms with Crippen molar-refractivity contribution in [2.24, 2.45) is 0 Å². The van der Waals surface area contributed by atoms with Crippen LogP contribution in [0.1, 0.15) is 24.4 Å². The highest BCUT2D eigenvalue weighted by Crippen LogP contribution is 2.36. The van der Waals surface area contributed by atoms with Crippen LogP contribution >= 0.6 is 0 Å². The summed E-state index contributed by atoms with van der Waals surface area (Å²) in [5.41, 5.74) is 1.57. The molecule has 4 rings (SSSR count). The SMILES string of the molecule is O=S(=O)(c1ccc(-c2cnco2)cc1)N1CCCC1c1ccc(F)cc1. The number of hydrogen-bond acceptors (Lipinski definition) is 4. The molecule has 1 aliphatic rings. The fourth-order valence-electron chi connectivity index (χ4n) is 3.33. The first-order valence-electron chi connectivity index (χ1n) is 8.32. The van der Waals surface area contributed by atoms with Gasteiger partial charge >= 0.3 is 0 Å². The third-order valence-electron chi connectivity index (χ3n) is 4.64. The molecule has 1 saturated heterocycles. The lowest BCUT2D eigenvalue weighted by molar-refractivity contribution is 0.396. The maximum atomic E-state index is 13.2. The van der Waals surface area contributed by atoms with E-state index in [4.69, 9.17) is 4.42 Å². The fraction of sp³-hybridized carbons (Fsp3) is 0.211. The van der Waals surface area contributed by atoms with Crippen LogP contribution in [-0.4, -0.2) is 24.3 Å². The van der Waals surface area contributed by atoms with Gasteiger partial charge in [-0.2, -0.15) is 4.31 Å². The minimum atomic E-state index is -3.64. The number of nitrogens with zero attached hydrogens (tertiary/aromatic N) is 2. The average molecular weight is 372 g/mol. The molecule has 134 valence electrons. The van der Waals surface area contributed by atoms with Crippen LogP contribution in [-0.2, 0) is 10.0 Å². The molecule has 0 N–H and O–H groups in total. The van der Waals surface area contributed by atoms with Crippen molar-refractivity contribution in [3.05, 3.63) is 72.5 Å². The van der Waals surface area contributed by atoms with E-state index in [1.807, 2.05) is 0 Å². The highest BCUT2D eigenvalue weighted by atomic mass is 32.2. The van der Waals surface area contributed by atoms with Gasteiger partial charge in [-0.05, 0) is 54.8 Å². The van der Waals surface area contributed by atoms with Crippen molar-refractivity contribution < 1.29 is 17.2 Å². The maximum absolute atomic E-state index is 13.2. The van der Waals surface area contributed by atoms with Gasteiger partial charge in [0.15, 0.2) is 12.2 Å². The summed E-state index contributed by atoms with van der Waals surface area (Å²) < 4.78 is 46.1. The molecule has 0 bridgehead atoms. The van der Waals surface area contributed by atoms with Crippen molar-refractivity contribution >= 4 is 10.0 Å². The standard InChI is InChI=1S/C19H17FN2O3S/c20-16-7-3-14(4-8-16)18-2-1-11-22(18)26(23,24)17-9-5-15(6-10-17)19-12-21-13-25-19/h3-10,12-13,18H,1-2,11H2. The summed E-state index contributed by atoms with van der Waals surface area (Å²) in [6, 6.07) is 12.3. The zero-order valence-electron chi connectivity index (χ0n) is 13.9. The van der Waals surface area contributed by atoms with Gasteiger partial charge in [-0.1, -0.05) is 12.1 Å². The van der Waals surface area contributed by atoms with Crippen molar-refractivity contribution in [1.29, 1.82) is 0 Å². The van der Waals surface area contributed by atoms with E-state index in [0.29, 0.717) is 12.3 Å². The largest absolute Gasteiger partial charge is 0.444 e. The summed E-state index contributed by atoms with van der Waals surface area (Å²) in [5.74, 6) is 0.253. The molecule has 0 amide bonds. The van der Waals surface area contributed by atoms with Gasteiger partial charge in [0.2, 0.25) is 10.0 Å². The van der Waals surface area contributed by atoms with Gasteiger partial charge in [0.1, 0.15) is 5.82 Å². The summed E-state index contributed by atoms with van der Waals surface area (Å²) in [4.78, 5) is 4.09.